The average Bonchev–Trinajstić information content (AvgIpc) is 2.92. The molecule has 6 heteroatoms. The Bertz CT molecular complexity index is 558. The van der Waals surface area contributed by atoms with Crippen molar-refractivity contribution in [2.75, 3.05) is 5.73 Å². The van der Waals surface area contributed by atoms with E-state index in [0.717, 1.165) is 17.0 Å². The number of hydrogen-bond acceptors (Lipinski definition) is 4. The monoisotopic (exact) mass is 264 g/mol. The summed E-state index contributed by atoms with van der Waals surface area (Å²) in [4.78, 5) is 13.1. The highest BCUT2D eigenvalue weighted by atomic mass is 32.1. The Morgan fingerprint density at radius 2 is 2.39 bits per heavy atom. The molecular weight excluding hydrogens is 248 g/mol. The van der Waals surface area contributed by atoms with Gasteiger partial charge in [-0.1, -0.05) is 6.92 Å². The molecule has 0 saturated carbocycles. The number of thiophene rings is 1. The number of carbonyl (C=O) groups is 1. The smallest absolute Gasteiger partial charge is 0.274 e. The second-order valence-electron chi connectivity index (χ2n) is 4.03. The first-order valence-electron chi connectivity index (χ1n) is 5.77. The molecular formula is C12H16N4OS. The molecule has 0 bridgehead atoms. The van der Waals surface area contributed by atoms with Crippen molar-refractivity contribution in [2.45, 2.75) is 26.8 Å². The van der Waals surface area contributed by atoms with Crippen LogP contribution in [0.4, 0.5) is 5.69 Å². The number of rotatable bonds is 4. The molecule has 0 aliphatic rings. The molecule has 2 rings (SSSR count). The van der Waals surface area contributed by atoms with Crippen molar-refractivity contribution in [3.8, 4) is 0 Å². The summed E-state index contributed by atoms with van der Waals surface area (Å²) in [6, 6.07) is 2.03. The highest BCUT2D eigenvalue weighted by molar-refractivity contribution is 7.10. The fourth-order valence-corrected chi connectivity index (χ4v) is 2.50. The molecule has 0 aromatic carbocycles. The maximum absolute atomic E-state index is 11.9. The first-order valence-corrected chi connectivity index (χ1v) is 6.65. The van der Waals surface area contributed by atoms with Crippen molar-refractivity contribution in [3.05, 3.63) is 33.3 Å². The lowest BCUT2D eigenvalue weighted by atomic mass is 10.2. The van der Waals surface area contributed by atoms with Gasteiger partial charge in [-0.15, -0.1) is 11.3 Å². The Morgan fingerprint density at radius 1 is 1.61 bits per heavy atom. The van der Waals surface area contributed by atoms with Crippen molar-refractivity contribution in [1.82, 2.24) is 15.5 Å². The molecule has 0 spiro atoms. The normalized spacial score (nSPS) is 10.6. The van der Waals surface area contributed by atoms with Gasteiger partial charge in [0.1, 0.15) is 0 Å². The van der Waals surface area contributed by atoms with Gasteiger partial charge in [0.15, 0.2) is 5.69 Å². The van der Waals surface area contributed by atoms with E-state index in [4.69, 9.17) is 5.73 Å². The molecule has 0 fully saturated rings. The second-order valence-corrected chi connectivity index (χ2v) is 5.03. The van der Waals surface area contributed by atoms with Crippen LogP contribution in [0.25, 0.3) is 0 Å². The minimum Gasteiger partial charge on any atom is -0.395 e. The van der Waals surface area contributed by atoms with Gasteiger partial charge in [0.2, 0.25) is 0 Å². The quantitative estimate of drug-likeness (QED) is 0.788. The van der Waals surface area contributed by atoms with Gasteiger partial charge in [0.05, 0.1) is 17.9 Å². The fraction of sp³-hybridized carbons (Fsp3) is 0.333. The standard InChI is InChI=1S/C12H16N4OS/c1-3-8-10(13)11(16-15-8)12(17)14-6-9-7(2)4-5-18-9/h4-5H,3,6,13H2,1-2H3,(H,14,17)(H,15,16). The van der Waals surface area contributed by atoms with Gasteiger partial charge in [-0.3, -0.25) is 9.89 Å². The van der Waals surface area contributed by atoms with Crippen molar-refractivity contribution in [2.24, 2.45) is 0 Å². The van der Waals surface area contributed by atoms with E-state index in [0.29, 0.717) is 12.2 Å². The van der Waals surface area contributed by atoms with Crippen LogP contribution in [0.15, 0.2) is 11.4 Å². The van der Waals surface area contributed by atoms with Crippen LogP contribution in [-0.4, -0.2) is 16.1 Å². The van der Waals surface area contributed by atoms with E-state index in [1.807, 2.05) is 25.3 Å². The Labute approximate surface area is 109 Å². The summed E-state index contributed by atoms with van der Waals surface area (Å²) >= 11 is 1.63. The lowest BCUT2D eigenvalue weighted by Gasteiger charge is -2.03. The Kier molecular flexibility index (Phi) is 3.66. The van der Waals surface area contributed by atoms with Gasteiger partial charge in [-0.2, -0.15) is 5.10 Å². The number of aromatic nitrogens is 2. The van der Waals surface area contributed by atoms with Crippen LogP contribution < -0.4 is 11.1 Å². The summed E-state index contributed by atoms with van der Waals surface area (Å²) in [5.41, 5.74) is 8.55. The van der Waals surface area contributed by atoms with E-state index in [1.54, 1.807) is 11.3 Å². The third kappa shape index (κ3) is 2.38. The molecule has 0 aliphatic carbocycles. The van der Waals surface area contributed by atoms with E-state index in [9.17, 15) is 4.79 Å². The third-order valence-corrected chi connectivity index (χ3v) is 3.85. The molecule has 0 unspecified atom stereocenters. The number of nitrogens with one attached hydrogen (secondary N) is 2. The van der Waals surface area contributed by atoms with Crippen molar-refractivity contribution in [3.63, 3.8) is 0 Å². The number of aromatic amines is 1. The zero-order valence-corrected chi connectivity index (χ0v) is 11.2. The number of hydrogen-bond donors (Lipinski definition) is 3. The summed E-state index contributed by atoms with van der Waals surface area (Å²) < 4.78 is 0. The molecule has 96 valence electrons. The van der Waals surface area contributed by atoms with Gasteiger partial charge in [-0.25, -0.2) is 0 Å². The topological polar surface area (TPSA) is 83.8 Å². The van der Waals surface area contributed by atoms with Crippen LogP contribution in [0.1, 0.15) is 33.5 Å². The van der Waals surface area contributed by atoms with Crippen molar-refractivity contribution < 1.29 is 4.79 Å². The number of carbonyl (C=O) groups excluding carboxylic acids is 1. The molecule has 4 N–H and O–H groups in total. The molecule has 2 aromatic heterocycles. The number of nitrogens with zero attached hydrogens (tertiary/aromatic N) is 1. The van der Waals surface area contributed by atoms with Gasteiger partial charge in [0, 0.05) is 4.88 Å². The molecule has 2 aromatic rings. The Morgan fingerprint density at radius 3 is 2.94 bits per heavy atom. The fourth-order valence-electron chi connectivity index (χ4n) is 1.66. The highest BCUT2D eigenvalue weighted by Crippen LogP contribution is 2.17. The first-order chi connectivity index (χ1) is 8.63. The number of anilines is 1. The van der Waals surface area contributed by atoms with Gasteiger partial charge >= 0.3 is 0 Å². The van der Waals surface area contributed by atoms with Crippen molar-refractivity contribution >= 4 is 22.9 Å². The number of amides is 1. The number of nitrogen functional groups attached to an aromatic ring is 1. The van der Waals surface area contributed by atoms with Crippen LogP contribution in [-0.2, 0) is 13.0 Å². The Balaban J connectivity index is 2.04. The van der Waals surface area contributed by atoms with Gasteiger partial charge < -0.3 is 11.1 Å². The first kappa shape index (κ1) is 12.6. The molecule has 18 heavy (non-hydrogen) atoms. The van der Waals surface area contributed by atoms with E-state index in [-0.39, 0.29) is 11.6 Å². The summed E-state index contributed by atoms with van der Waals surface area (Å²) in [6.45, 7) is 4.49. The number of nitrogens with two attached hydrogens (primary N) is 1. The molecule has 0 saturated heterocycles. The third-order valence-electron chi connectivity index (χ3n) is 2.83. The summed E-state index contributed by atoms with van der Waals surface area (Å²) in [6.07, 6.45) is 0.732. The maximum atomic E-state index is 11.9. The molecule has 0 radical (unpaired) electrons. The average molecular weight is 264 g/mol. The van der Waals surface area contributed by atoms with Crippen LogP contribution in [0.5, 0.6) is 0 Å². The molecule has 0 aliphatic heterocycles. The minimum absolute atomic E-state index is 0.240. The zero-order valence-electron chi connectivity index (χ0n) is 10.4. The largest absolute Gasteiger partial charge is 0.395 e. The van der Waals surface area contributed by atoms with E-state index in [2.05, 4.69) is 15.5 Å². The van der Waals surface area contributed by atoms with Crippen LogP contribution in [0.2, 0.25) is 0 Å². The zero-order chi connectivity index (χ0) is 13.1. The molecule has 5 nitrogen and oxygen atoms in total. The molecule has 0 atom stereocenters. The van der Waals surface area contributed by atoms with Crippen LogP contribution in [0, 0.1) is 6.92 Å². The summed E-state index contributed by atoms with van der Waals surface area (Å²) in [5.74, 6) is -0.240. The predicted octanol–water partition coefficient (Wildman–Crippen LogP) is 1.85. The van der Waals surface area contributed by atoms with Gasteiger partial charge in [0.25, 0.3) is 5.91 Å². The van der Waals surface area contributed by atoms with E-state index in [1.165, 1.54) is 5.56 Å². The lowest BCUT2D eigenvalue weighted by Crippen LogP contribution is -2.24. The maximum Gasteiger partial charge on any atom is 0.274 e. The summed E-state index contributed by atoms with van der Waals surface area (Å²) in [5, 5.41) is 11.6. The number of aryl methyl sites for hydroxylation is 2. The minimum atomic E-state index is -0.240. The second kappa shape index (κ2) is 5.22. The van der Waals surface area contributed by atoms with Gasteiger partial charge in [-0.05, 0) is 30.4 Å². The SMILES string of the molecule is CCc1[nH]nc(C(=O)NCc2sccc2C)c1N. The van der Waals surface area contributed by atoms with E-state index >= 15 is 0 Å². The van der Waals surface area contributed by atoms with Crippen molar-refractivity contribution in [1.29, 1.82) is 0 Å². The van der Waals surface area contributed by atoms with Crippen LogP contribution in [0.3, 0.4) is 0 Å². The highest BCUT2D eigenvalue weighted by Gasteiger charge is 2.16. The Hall–Kier alpha value is -1.82. The predicted molar refractivity (Wildman–Crippen MR) is 72.6 cm³/mol. The molecule has 1 amide bonds. The number of H-pyrrole nitrogens is 1. The van der Waals surface area contributed by atoms with Crippen LogP contribution >= 0.6 is 11.3 Å². The van der Waals surface area contributed by atoms with E-state index < -0.39 is 0 Å². The summed E-state index contributed by atoms with van der Waals surface area (Å²) in [7, 11) is 0. The lowest BCUT2D eigenvalue weighted by molar-refractivity contribution is 0.0947. The molecule has 2 heterocycles.